The quantitative estimate of drug-likeness (QED) is 0.753. The predicted molar refractivity (Wildman–Crippen MR) is 82.9 cm³/mol. The van der Waals surface area contributed by atoms with Crippen LogP contribution in [0.5, 0.6) is 5.75 Å². The van der Waals surface area contributed by atoms with Crippen LogP contribution < -0.4 is 10.5 Å². The van der Waals surface area contributed by atoms with Gasteiger partial charge in [0.2, 0.25) is 0 Å². The van der Waals surface area contributed by atoms with Gasteiger partial charge in [-0.05, 0) is 43.3 Å². The van der Waals surface area contributed by atoms with Crippen LogP contribution in [0.4, 0.5) is 0 Å². The molecule has 2 N–H and O–H groups in total. The average molecular weight is 276 g/mol. The van der Waals surface area contributed by atoms with Gasteiger partial charge in [0.25, 0.3) is 0 Å². The van der Waals surface area contributed by atoms with E-state index in [1.807, 2.05) is 42.1 Å². The van der Waals surface area contributed by atoms with Crippen molar-refractivity contribution in [3.8, 4) is 5.75 Å². The fraction of sp³-hybridized carbons (Fsp3) is 0.400. The van der Waals surface area contributed by atoms with Gasteiger partial charge in [0.05, 0.1) is 12.1 Å². The number of nitrogens with zero attached hydrogens (tertiary/aromatic N) is 1. The molecule has 0 fully saturated rings. The van der Waals surface area contributed by atoms with Crippen molar-refractivity contribution in [1.29, 1.82) is 0 Å². The molecule has 19 heavy (non-hydrogen) atoms. The van der Waals surface area contributed by atoms with E-state index in [0.717, 1.165) is 47.7 Å². The molecule has 0 spiro atoms. The molecule has 1 heterocycles. The molecule has 0 aliphatic heterocycles. The molecule has 3 nitrogen and oxygen atoms in total. The Morgan fingerprint density at radius 2 is 2.00 bits per heavy atom. The number of hydrogen-bond donors (Lipinski definition) is 1. The molecule has 0 saturated heterocycles. The third-order valence-electron chi connectivity index (χ3n) is 2.84. The minimum atomic E-state index is 0.737. The third kappa shape index (κ3) is 4.40. The number of benzene rings is 1. The van der Waals surface area contributed by atoms with Gasteiger partial charge < -0.3 is 10.5 Å². The van der Waals surface area contributed by atoms with Crippen LogP contribution in [0.3, 0.4) is 0 Å². The van der Waals surface area contributed by atoms with E-state index in [2.05, 4.69) is 4.98 Å². The summed E-state index contributed by atoms with van der Waals surface area (Å²) in [5.41, 5.74) is 6.44. The van der Waals surface area contributed by atoms with Crippen molar-refractivity contribution in [3.05, 3.63) is 36.5 Å². The predicted octanol–water partition coefficient (Wildman–Crippen LogP) is 3.09. The van der Waals surface area contributed by atoms with Crippen LogP contribution in [0.2, 0.25) is 0 Å². The van der Waals surface area contributed by atoms with E-state index in [0.29, 0.717) is 0 Å². The number of rotatable bonds is 8. The monoisotopic (exact) mass is 276 g/mol. The zero-order valence-corrected chi connectivity index (χ0v) is 11.9. The van der Waals surface area contributed by atoms with Crippen LogP contribution in [0, 0.1) is 0 Å². The highest BCUT2D eigenvalue weighted by Crippen LogP contribution is 2.23. The maximum Gasteiger partial charge on any atom is 0.130 e. The number of pyridine rings is 1. The van der Waals surface area contributed by atoms with Crippen molar-refractivity contribution in [1.82, 2.24) is 4.98 Å². The van der Waals surface area contributed by atoms with Crippen molar-refractivity contribution in [2.24, 2.45) is 5.73 Å². The van der Waals surface area contributed by atoms with E-state index in [1.165, 1.54) is 6.42 Å². The Bertz CT molecular complexity index is 499. The first-order chi connectivity index (χ1) is 9.42. The minimum absolute atomic E-state index is 0.737. The summed E-state index contributed by atoms with van der Waals surface area (Å²) in [5.74, 6) is 3.10. The number of thioether (sulfide) groups is 1. The molecule has 0 unspecified atom stereocenters. The lowest BCUT2D eigenvalue weighted by Gasteiger charge is -2.08. The normalized spacial score (nSPS) is 10.8. The van der Waals surface area contributed by atoms with Crippen molar-refractivity contribution in [2.75, 3.05) is 24.7 Å². The molecular weight excluding hydrogens is 256 g/mol. The Kier molecular flexibility index (Phi) is 5.98. The average Bonchev–Trinajstić information content (AvgIpc) is 2.46. The molecule has 1 aromatic heterocycles. The van der Waals surface area contributed by atoms with Gasteiger partial charge >= 0.3 is 0 Å². The first kappa shape index (κ1) is 14.2. The van der Waals surface area contributed by atoms with Crippen LogP contribution in [-0.2, 0) is 0 Å². The van der Waals surface area contributed by atoms with E-state index in [9.17, 15) is 0 Å². The summed E-state index contributed by atoms with van der Waals surface area (Å²) in [6.07, 6.45) is 4.11. The molecule has 1 aromatic carbocycles. The van der Waals surface area contributed by atoms with Crippen LogP contribution in [0.25, 0.3) is 10.9 Å². The van der Waals surface area contributed by atoms with Crippen molar-refractivity contribution in [2.45, 2.75) is 12.8 Å². The Labute approximate surface area is 118 Å². The molecule has 102 valence electrons. The lowest BCUT2D eigenvalue weighted by Crippen LogP contribution is -2.02. The lowest BCUT2D eigenvalue weighted by atomic mass is 10.2. The summed E-state index contributed by atoms with van der Waals surface area (Å²) >= 11 is 1.92. The number of hydrogen-bond acceptors (Lipinski definition) is 4. The largest absolute Gasteiger partial charge is 0.492 e. The summed E-state index contributed by atoms with van der Waals surface area (Å²) in [7, 11) is 0. The first-order valence-electron chi connectivity index (χ1n) is 6.66. The Morgan fingerprint density at radius 1 is 1.11 bits per heavy atom. The van der Waals surface area contributed by atoms with Crippen LogP contribution in [-0.4, -0.2) is 29.6 Å². The molecule has 2 rings (SSSR count). The fourth-order valence-corrected chi connectivity index (χ4v) is 2.67. The molecule has 0 atom stereocenters. The summed E-state index contributed by atoms with van der Waals surface area (Å²) < 4.78 is 5.84. The van der Waals surface area contributed by atoms with Crippen molar-refractivity contribution >= 4 is 22.7 Å². The van der Waals surface area contributed by atoms with E-state index in [1.54, 1.807) is 6.20 Å². The topological polar surface area (TPSA) is 48.1 Å². The lowest BCUT2D eigenvalue weighted by molar-refractivity contribution is 0.348. The number of fused-ring (bicyclic) bond motifs is 1. The second kappa shape index (κ2) is 8.02. The third-order valence-corrected chi connectivity index (χ3v) is 3.87. The summed E-state index contributed by atoms with van der Waals surface area (Å²) in [6.45, 7) is 1.53. The van der Waals surface area contributed by atoms with Gasteiger partial charge in [0, 0.05) is 17.3 Å². The smallest absolute Gasteiger partial charge is 0.130 e. The summed E-state index contributed by atoms with van der Waals surface area (Å²) in [6, 6.07) is 9.99. The number of para-hydroxylation sites is 1. The number of aromatic nitrogens is 1. The molecular formula is C15H20N2OS. The Morgan fingerprint density at radius 3 is 2.89 bits per heavy atom. The van der Waals surface area contributed by atoms with Crippen LogP contribution >= 0.6 is 11.8 Å². The van der Waals surface area contributed by atoms with Crippen molar-refractivity contribution < 1.29 is 4.74 Å². The van der Waals surface area contributed by atoms with Gasteiger partial charge in [-0.15, -0.1) is 0 Å². The Balaban J connectivity index is 1.78. The maximum atomic E-state index is 5.84. The van der Waals surface area contributed by atoms with Gasteiger partial charge in [-0.1, -0.05) is 12.1 Å². The van der Waals surface area contributed by atoms with Crippen LogP contribution in [0.15, 0.2) is 36.5 Å². The second-order valence-corrected chi connectivity index (χ2v) is 5.51. The van der Waals surface area contributed by atoms with Gasteiger partial charge in [0.15, 0.2) is 0 Å². The van der Waals surface area contributed by atoms with E-state index in [-0.39, 0.29) is 0 Å². The van der Waals surface area contributed by atoms with E-state index < -0.39 is 0 Å². The van der Waals surface area contributed by atoms with E-state index in [4.69, 9.17) is 10.5 Å². The minimum Gasteiger partial charge on any atom is -0.492 e. The van der Waals surface area contributed by atoms with Crippen LogP contribution in [0.1, 0.15) is 12.8 Å². The zero-order valence-electron chi connectivity index (χ0n) is 11.0. The summed E-state index contributed by atoms with van der Waals surface area (Å²) in [5, 5.41) is 1.08. The molecule has 2 aromatic rings. The van der Waals surface area contributed by atoms with E-state index >= 15 is 0 Å². The standard InChI is InChI=1S/C15H20N2OS/c16-8-3-4-11-19-12-10-18-15-7-9-17-14-6-2-1-5-13(14)15/h1-2,5-7,9H,3-4,8,10-12,16H2. The van der Waals surface area contributed by atoms with Crippen molar-refractivity contribution in [3.63, 3.8) is 0 Å². The van der Waals surface area contributed by atoms with Gasteiger partial charge in [-0.2, -0.15) is 11.8 Å². The van der Waals surface area contributed by atoms with Gasteiger partial charge in [-0.25, -0.2) is 0 Å². The number of ether oxygens (including phenoxy) is 1. The first-order valence-corrected chi connectivity index (χ1v) is 7.81. The second-order valence-electron chi connectivity index (χ2n) is 4.28. The zero-order chi connectivity index (χ0) is 13.3. The van der Waals surface area contributed by atoms with Gasteiger partial charge in [-0.3, -0.25) is 4.98 Å². The highest BCUT2D eigenvalue weighted by atomic mass is 32.2. The molecule has 0 aliphatic carbocycles. The van der Waals surface area contributed by atoms with Gasteiger partial charge in [0.1, 0.15) is 5.75 Å². The number of nitrogens with two attached hydrogens (primary N) is 1. The summed E-state index contributed by atoms with van der Waals surface area (Å²) in [4.78, 5) is 4.32. The molecule has 4 heteroatoms. The molecule has 0 aliphatic rings. The molecule has 0 bridgehead atoms. The highest BCUT2D eigenvalue weighted by Gasteiger charge is 2.01. The number of unbranched alkanes of at least 4 members (excludes halogenated alkanes) is 1. The Hall–Kier alpha value is -1.26. The maximum absolute atomic E-state index is 5.84. The fourth-order valence-electron chi connectivity index (χ4n) is 1.86. The molecule has 0 amide bonds. The molecule has 0 radical (unpaired) electrons. The molecule has 0 saturated carbocycles. The SMILES string of the molecule is NCCCCSCCOc1ccnc2ccccc12. The highest BCUT2D eigenvalue weighted by molar-refractivity contribution is 7.99.